The van der Waals surface area contributed by atoms with Gasteiger partial charge in [0.15, 0.2) is 6.17 Å². The van der Waals surface area contributed by atoms with E-state index in [2.05, 4.69) is 0 Å². The van der Waals surface area contributed by atoms with Gasteiger partial charge in [0.25, 0.3) is 5.92 Å². The fraction of sp³-hybridized carbons (Fsp3) is 0.500. The standard InChI is InChI=1S/C14H14F6OS/c15-11(13(16,17)9-14(18,19)20)7-4-8-22-12(21)10-5-2-1-3-6-10/h1-3,5-6,11H,4,7-9H2. The molecule has 0 aliphatic rings. The highest BCUT2D eigenvalue weighted by Gasteiger charge is 2.49. The molecule has 1 unspecified atom stereocenters. The number of halogens is 6. The molecular formula is C14H14F6OS. The third kappa shape index (κ3) is 6.72. The first-order valence-electron chi connectivity index (χ1n) is 6.42. The number of thioether (sulfide) groups is 1. The van der Waals surface area contributed by atoms with Crippen molar-refractivity contribution in [2.45, 2.75) is 37.5 Å². The van der Waals surface area contributed by atoms with Crippen molar-refractivity contribution in [3.63, 3.8) is 0 Å². The Bertz CT molecular complexity index is 474. The Labute approximate surface area is 128 Å². The molecule has 0 amide bonds. The Balaban J connectivity index is 2.33. The van der Waals surface area contributed by atoms with Gasteiger partial charge in [0.05, 0.1) is 0 Å². The van der Waals surface area contributed by atoms with Gasteiger partial charge in [-0.05, 0) is 12.8 Å². The molecule has 0 aliphatic heterocycles. The Morgan fingerprint density at radius 3 is 2.23 bits per heavy atom. The lowest BCUT2D eigenvalue weighted by Gasteiger charge is -2.21. The van der Waals surface area contributed by atoms with Crippen molar-refractivity contribution in [1.82, 2.24) is 0 Å². The van der Waals surface area contributed by atoms with E-state index in [1.807, 2.05) is 0 Å². The van der Waals surface area contributed by atoms with Crippen LogP contribution in [0.1, 0.15) is 29.6 Å². The van der Waals surface area contributed by atoms with Gasteiger partial charge in [0.2, 0.25) is 5.12 Å². The maximum absolute atomic E-state index is 13.2. The molecule has 0 aliphatic carbocycles. The fourth-order valence-corrected chi connectivity index (χ4v) is 2.47. The summed E-state index contributed by atoms with van der Waals surface area (Å²) in [5.74, 6) is -4.37. The van der Waals surface area contributed by atoms with Gasteiger partial charge >= 0.3 is 6.18 Å². The van der Waals surface area contributed by atoms with E-state index in [0.717, 1.165) is 11.8 Å². The van der Waals surface area contributed by atoms with Crippen LogP contribution in [0.15, 0.2) is 30.3 Å². The average Bonchev–Trinajstić information content (AvgIpc) is 2.41. The normalized spacial score (nSPS) is 13.9. The minimum absolute atomic E-state index is 0.0657. The van der Waals surface area contributed by atoms with Crippen LogP contribution >= 0.6 is 11.8 Å². The van der Waals surface area contributed by atoms with E-state index in [-0.39, 0.29) is 17.3 Å². The summed E-state index contributed by atoms with van der Waals surface area (Å²) >= 11 is 0.823. The lowest BCUT2D eigenvalue weighted by Crippen LogP contribution is -2.35. The molecule has 0 radical (unpaired) electrons. The van der Waals surface area contributed by atoms with E-state index in [0.29, 0.717) is 5.56 Å². The number of benzene rings is 1. The number of rotatable bonds is 7. The van der Waals surface area contributed by atoms with Crippen LogP contribution in [0.4, 0.5) is 26.3 Å². The molecule has 22 heavy (non-hydrogen) atoms. The number of carbonyl (C=O) groups is 1. The zero-order chi connectivity index (χ0) is 16.8. The Morgan fingerprint density at radius 1 is 1.09 bits per heavy atom. The fourth-order valence-electron chi connectivity index (χ4n) is 1.67. The van der Waals surface area contributed by atoms with Crippen LogP contribution < -0.4 is 0 Å². The smallest absolute Gasteiger partial charge is 0.282 e. The lowest BCUT2D eigenvalue weighted by atomic mass is 10.1. The molecule has 0 heterocycles. The molecule has 1 atom stereocenters. The Kier molecular flexibility index (Phi) is 6.77. The quantitative estimate of drug-likeness (QED) is 0.495. The molecule has 8 heteroatoms. The molecule has 0 aromatic heterocycles. The maximum Gasteiger partial charge on any atom is 0.394 e. The van der Waals surface area contributed by atoms with Crippen molar-refractivity contribution in [3.05, 3.63) is 35.9 Å². The van der Waals surface area contributed by atoms with Crippen molar-refractivity contribution >= 4 is 16.9 Å². The second-order valence-corrected chi connectivity index (χ2v) is 5.73. The number of carbonyl (C=O) groups excluding carboxylic acids is 1. The second-order valence-electron chi connectivity index (χ2n) is 4.66. The molecule has 0 fully saturated rings. The van der Waals surface area contributed by atoms with Crippen molar-refractivity contribution in [1.29, 1.82) is 0 Å². The van der Waals surface area contributed by atoms with Crippen LogP contribution in [0, 0.1) is 0 Å². The van der Waals surface area contributed by atoms with Crippen molar-refractivity contribution in [2.75, 3.05) is 5.75 Å². The second kappa shape index (κ2) is 7.89. The van der Waals surface area contributed by atoms with Gasteiger partial charge in [-0.2, -0.15) is 13.2 Å². The van der Waals surface area contributed by atoms with Gasteiger partial charge in [-0.15, -0.1) is 0 Å². The summed E-state index contributed by atoms with van der Waals surface area (Å²) in [6.45, 7) is 0. The molecule has 1 aromatic rings. The van der Waals surface area contributed by atoms with Crippen molar-refractivity contribution in [3.8, 4) is 0 Å². The van der Waals surface area contributed by atoms with E-state index in [4.69, 9.17) is 0 Å². The highest BCUT2D eigenvalue weighted by Crippen LogP contribution is 2.36. The zero-order valence-corrected chi connectivity index (χ0v) is 12.2. The maximum atomic E-state index is 13.2. The molecule has 0 spiro atoms. The van der Waals surface area contributed by atoms with Gasteiger partial charge in [-0.1, -0.05) is 42.1 Å². The summed E-state index contributed by atoms with van der Waals surface area (Å²) < 4.78 is 74.9. The zero-order valence-electron chi connectivity index (χ0n) is 11.4. The predicted molar refractivity (Wildman–Crippen MR) is 73.0 cm³/mol. The van der Waals surface area contributed by atoms with E-state index >= 15 is 0 Å². The summed E-state index contributed by atoms with van der Waals surface area (Å²) in [6.07, 6.45) is -11.3. The van der Waals surface area contributed by atoms with Crippen LogP contribution in [0.25, 0.3) is 0 Å². The molecule has 124 valence electrons. The van der Waals surface area contributed by atoms with E-state index in [1.165, 1.54) is 0 Å². The van der Waals surface area contributed by atoms with Gasteiger partial charge in [0.1, 0.15) is 6.42 Å². The number of hydrogen-bond donors (Lipinski definition) is 0. The monoisotopic (exact) mass is 344 g/mol. The molecule has 0 saturated carbocycles. The van der Waals surface area contributed by atoms with Crippen LogP contribution in [-0.4, -0.2) is 29.1 Å². The number of hydrogen-bond acceptors (Lipinski definition) is 2. The molecule has 0 bridgehead atoms. The highest BCUT2D eigenvalue weighted by molar-refractivity contribution is 8.14. The van der Waals surface area contributed by atoms with Crippen LogP contribution in [0.2, 0.25) is 0 Å². The first-order chi connectivity index (χ1) is 10.1. The summed E-state index contributed by atoms with van der Waals surface area (Å²) in [5.41, 5.74) is 0.423. The molecule has 0 saturated heterocycles. The third-order valence-corrected chi connectivity index (χ3v) is 3.73. The summed E-state index contributed by atoms with van der Waals surface area (Å²) in [5, 5.41) is -0.293. The minimum atomic E-state index is -5.12. The average molecular weight is 344 g/mol. The molecule has 1 aromatic carbocycles. The molecule has 1 rings (SSSR count). The Morgan fingerprint density at radius 2 is 1.68 bits per heavy atom. The first-order valence-corrected chi connectivity index (χ1v) is 7.41. The topological polar surface area (TPSA) is 17.1 Å². The largest absolute Gasteiger partial charge is 0.394 e. The van der Waals surface area contributed by atoms with Crippen LogP contribution in [0.3, 0.4) is 0 Å². The Hall–Kier alpha value is -1.18. The van der Waals surface area contributed by atoms with Crippen molar-refractivity contribution in [2.24, 2.45) is 0 Å². The first kappa shape index (κ1) is 18.9. The van der Waals surface area contributed by atoms with Crippen LogP contribution in [-0.2, 0) is 0 Å². The van der Waals surface area contributed by atoms with Gasteiger partial charge < -0.3 is 0 Å². The van der Waals surface area contributed by atoms with E-state index in [9.17, 15) is 31.1 Å². The minimum Gasteiger partial charge on any atom is -0.282 e. The molecular weight excluding hydrogens is 330 g/mol. The summed E-state index contributed by atoms with van der Waals surface area (Å²) in [7, 11) is 0. The summed E-state index contributed by atoms with van der Waals surface area (Å²) in [4.78, 5) is 11.6. The van der Waals surface area contributed by atoms with Gasteiger partial charge in [-0.3, -0.25) is 4.79 Å². The van der Waals surface area contributed by atoms with Crippen molar-refractivity contribution < 1.29 is 31.1 Å². The van der Waals surface area contributed by atoms with Gasteiger partial charge in [0, 0.05) is 11.3 Å². The number of alkyl halides is 6. The lowest BCUT2D eigenvalue weighted by molar-refractivity contribution is -0.205. The third-order valence-electron chi connectivity index (χ3n) is 2.74. The molecule has 0 N–H and O–H groups in total. The predicted octanol–water partition coefficient (Wildman–Crippen LogP) is 5.27. The highest BCUT2D eigenvalue weighted by atomic mass is 32.2. The van der Waals surface area contributed by atoms with E-state index in [1.54, 1.807) is 30.3 Å². The SMILES string of the molecule is O=C(SCCCC(F)C(F)(F)CC(F)(F)F)c1ccccc1. The van der Waals surface area contributed by atoms with Gasteiger partial charge in [-0.25, -0.2) is 13.2 Å². The molecule has 1 nitrogen and oxygen atoms in total. The van der Waals surface area contributed by atoms with E-state index < -0.39 is 31.1 Å². The van der Waals surface area contributed by atoms with Crippen LogP contribution in [0.5, 0.6) is 0 Å². The summed E-state index contributed by atoms with van der Waals surface area (Å²) in [6, 6.07) is 8.18.